The average Bonchev–Trinajstić information content (AvgIpc) is 2.40. The number of aryl methyl sites for hydroxylation is 1. The minimum atomic E-state index is 0.246. The molecule has 0 saturated carbocycles. The van der Waals surface area contributed by atoms with Crippen molar-refractivity contribution in [2.24, 2.45) is 0 Å². The van der Waals surface area contributed by atoms with E-state index in [1.807, 2.05) is 7.05 Å². The minimum absolute atomic E-state index is 0.246. The highest BCUT2D eigenvalue weighted by molar-refractivity contribution is 5.47. The summed E-state index contributed by atoms with van der Waals surface area (Å²) in [7, 11) is 6.13. The SMILES string of the molecule is CNC(c1ccc(N(C)C)cc1)c1cccc(C)c1. The molecule has 0 aromatic heterocycles. The third-order valence-corrected chi connectivity index (χ3v) is 3.41. The lowest BCUT2D eigenvalue weighted by Gasteiger charge is -2.19. The van der Waals surface area contributed by atoms with Gasteiger partial charge in [-0.3, -0.25) is 0 Å². The summed E-state index contributed by atoms with van der Waals surface area (Å²) < 4.78 is 0. The van der Waals surface area contributed by atoms with Crippen molar-refractivity contribution in [3.63, 3.8) is 0 Å². The van der Waals surface area contributed by atoms with E-state index in [4.69, 9.17) is 0 Å². The molecule has 2 nitrogen and oxygen atoms in total. The molecule has 1 unspecified atom stereocenters. The first-order valence-corrected chi connectivity index (χ1v) is 6.63. The van der Waals surface area contributed by atoms with Crippen LogP contribution in [0, 0.1) is 6.92 Å². The van der Waals surface area contributed by atoms with Gasteiger partial charge in [0.05, 0.1) is 6.04 Å². The average molecular weight is 254 g/mol. The van der Waals surface area contributed by atoms with Gasteiger partial charge in [0, 0.05) is 19.8 Å². The Bertz CT molecular complexity index is 529. The maximum Gasteiger partial charge on any atom is 0.0574 e. The number of hydrogen-bond acceptors (Lipinski definition) is 2. The third kappa shape index (κ3) is 3.15. The molecule has 1 atom stereocenters. The van der Waals surface area contributed by atoms with E-state index in [0.717, 1.165) is 0 Å². The van der Waals surface area contributed by atoms with Gasteiger partial charge in [-0.1, -0.05) is 42.0 Å². The lowest BCUT2D eigenvalue weighted by molar-refractivity contribution is 0.691. The van der Waals surface area contributed by atoms with Gasteiger partial charge < -0.3 is 10.2 Å². The largest absolute Gasteiger partial charge is 0.378 e. The van der Waals surface area contributed by atoms with E-state index in [1.54, 1.807) is 0 Å². The monoisotopic (exact) mass is 254 g/mol. The van der Waals surface area contributed by atoms with Crippen molar-refractivity contribution >= 4 is 5.69 Å². The first kappa shape index (κ1) is 13.6. The molecule has 0 spiro atoms. The first-order valence-electron chi connectivity index (χ1n) is 6.63. The van der Waals surface area contributed by atoms with Crippen molar-refractivity contribution in [3.8, 4) is 0 Å². The van der Waals surface area contributed by atoms with Gasteiger partial charge in [-0.15, -0.1) is 0 Å². The van der Waals surface area contributed by atoms with Gasteiger partial charge in [0.1, 0.15) is 0 Å². The van der Waals surface area contributed by atoms with Gasteiger partial charge >= 0.3 is 0 Å². The fraction of sp³-hybridized carbons (Fsp3) is 0.294. The van der Waals surface area contributed by atoms with Gasteiger partial charge in [0.25, 0.3) is 0 Å². The molecule has 0 aliphatic heterocycles. The summed E-state index contributed by atoms with van der Waals surface area (Å²) in [5.41, 5.74) is 5.12. The van der Waals surface area contributed by atoms with E-state index >= 15 is 0 Å². The Labute approximate surface area is 116 Å². The van der Waals surface area contributed by atoms with Gasteiger partial charge in [0.15, 0.2) is 0 Å². The highest BCUT2D eigenvalue weighted by Crippen LogP contribution is 2.24. The van der Waals surface area contributed by atoms with E-state index in [2.05, 4.69) is 79.8 Å². The highest BCUT2D eigenvalue weighted by Gasteiger charge is 2.11. The molecule has 19 heavy (non-hydrogen) atoms. The molecule has 0 fully saturated rings. The molecule has 2 heteroatoms. The second-order valence-corrected chi connectivity index (χ2v) is 5.12. The van der Waals surface area contributed by atoms with E-state index < -0.39 is 0 Å². The number of rotatable bonds is 4. The fourth-order valence-corrected chi connectivity index (χ4v) is 2.34. The molecule has 0 amide bonds. The van der Waals surface area contributed by atoms with Crippen LogP contribution >= 0.6 is 0 Å². The first-order chi connectivity index (χ1) is 9.11. The van der Waals surface area contributed by atoms with Gasteiger partial charge in [0.2, 0.25) is 0 Å². The molecule has 0 heterocycles. The van der Waals surface area contributed by atoms with Gasteiger partial charge in [-0.25, -0.2) is 0 Å². The molecule has 2 aromatic carbocycles. The highest BCUT2D eigenvalue weighted by atomic mass is 15.1. The van der Waals surface area contributed by atoms with Crippen LogP contribution in [0.1, 0.15) is 22.7 Å². The van der Waals surface area contributed by atoms with Crippen molar-refractivity contribution < 1.29 is 0 Å². The van der Waals surface area contributed by atoms with Crippen LogP contribution in [0.15, 0.2) is 48.5 Å². The summed E-state index contributed by atoms with van der Waals surface area (Å²) in [6.45, 7) is 2.13. The van der Waals surface area contributed by atoms with E-state index in [0.29, 0.717) is 0 Å². The summed E-state index contributed by atoms with van der Waals surface area (Å²) in [5.74, 6) is 0. The van der Waals surface area contributed by atoms with Crippen LogP contribution in [0.2, 0.25) is 0 Å². The van der Waals surface area contributed by atoms with Crippen LogP contribution < -0.4 is 10.2 Å². The van der Waals surface area contributed by atoms with E-state index in [1.165, 1.54) is 22.4 Å². The van der Waals surface area contributed by atoms with Crippen molar-refractivity contribution in [2.75, 3.05) is 26.0 Å². The summed E-state index contributed by atoms with van der Waals surface area (Å²) in [5, 5.41) is 3.40. The Hall–Kier alpha value is -1.80. The van der Waals surface area contributed by atoms with E-state index in [-0.39, 0.29) is 6.04 Å². The number of nitrogens with zero attached hydrogens (tertiary/aromatic N) is 1. The molecular weight excluding hydrogens is 232 g/mol. The van der Waals surface area contributed by atoms with E-state index in [9.17, 15) is 0 Å². The normalized spacial score (nSPS) is 12.2. The van der Waals surface area contributed by atoms with Gasteiger partial charge in [-0.2, -0.15) is 0 Å². The molecule has 0 saturated heterocycles. The summed E-state index contributed by atoms with van der Waals surface area (Å²) in [6, 6.07) is 17.6. The summed E-state index contributed by atoms with van der Waals surface area (Å²) in [4.78, 5) is 2.12. The number of nitrogens with one attached hydrogen (secondary N) is 1. The van der Waals surface area contributed by atoms with Crippen LogP contribution in [0.3, 0.4) is 0 Å². The zero-order valence-electron chi connectivity index (χ0n) is 12.1. The maximum atomic E-state index is 3.40. The molecule has 100 valence electrons. The Morgan fingerprint density at radius 1 is 0.947 bits per heavy atom. The fourth-order valence-electron chi connectivity index (χ4n) is 2.34. The third-order valence-electron chi connectivity index (χ3n) is 3.41. The molecule has 0 aliphatic carbocycles. The van der Waals surface area contributed by atoms with Crippen molar-refractivity contribution in [2.45, 2.75) is 13.0 Å². The lowest BCUT2D eigenvalue weighted by atomic mass is 9.97. The zero-order chi connectivity index (χ0) is 13.8. The zero-order valence-corrected chi connectivity index (χ0v) is 12.1. The molecule has 0 bridgehead atoms. The van der Waals surface area contributed by atoms with Gasteiger partial charge in [-0.05, 0) is 37.2 Å². The molecule has 0 aliphatic rings. The molecule has 2 aromatic rings. The Balaban J connectivity index is 2.31. The smallest absolute Gasteiger partial charge is 0.0574 e. The predicted octanol–water partition coefficient (Wildman–Crippen LogP) is 3.37. The van der Waals surface area contributed by atoms with Crippen molar-refractivity contribution in [1.82, 2.24) is 5.32 Å². The van der Waals surface area contributed by atoms with Crippen LogP contribution in [-0.4, -0.2) is 21.1 Å². The molecular formula is C17H22N2. The Morgan fingerprint density at radius 2 is 1.63 bits per heavy atom. The quantitative estimate of drug-likeness (QED) is 0.900. The topological polar surface area (TPSA) is 15.3 Å². The van der Waals surface area contributed by atoms with Crippen LogP contribution in [-0.2, 0) is 0 Å². The summed E-state index contributed by atoms with van der Waals surface area (Å²) >= 11 is 0. The molecule has 0 radical (unpaired) electrons. The Morgan fingerprint density at radius 3 is 2.16 bits per heavy atom. The molecule has 2 rings (SSSR count). The maximum absolute atomic E-state index is 3.40. The second-order valence-electron chi connectivity index (χ2n) is 5.12. The number of anilines is 1. The number of hydrogen-bond donors (Lipinski definition) is 1. The van der Waals surface area contributed by atoms with Crippen molar-refractivity contribution in [1.29, 1.82) is 0 Å². The minimum Gasteiger partial charge on any atom is -0.378 e. The van der Waals surface area contributed by atoms with Crippen LogP contribution in [0.25, 0.3) is 0 Å². The summed E-state index contributed by atoms with van der Waals surface area (Å²) in [6.07, 6.45) is 0. The Kier molecular flexibility index (Phi) is 4.23. The standard InChI is InChI=1S/C17H22N2/c1-13-6-5-7-15(12-13)17(18-2)14-8-10-16(11-9-14)19(3)4/h5-12,17-18H,1-4H3. The second kappa shape index (κ2) is 5.89. The number of benzene rings is 2. The lowest BCUT2D eigenvalue weighted by Crippen LogP contribution is -2.18. The van der Waals surface area contributed by atoms with Crippen LogP contribution in [0.5, 0.6) is 0 Å². The van der Waals surface area contributed by atoms with Crippen LogP contribution in [0.4, 0.5) is 5.69 Å². The molecule has 1 N–H and O–H groups in total. The predicted molar refractivity (Wildman–Crippen MR) is 82.9 cm³/mol. The van der Waals surface area contributed by atoms with Crippen molar-refractivity contribution in [3.05, 3.63) is 65.2 Å².